The molecule has 0 aliphatic heterocycles. The van der Waals surface area contributed by atoms with E-state index in [1.165, 1.54) is 0 Å². The van der Waals surface area contributed by atoms with Crippen molar-refractivity contribution in [2.24, 2.45) is 0 Å². The minimum Gasteiger partial charge on any atom is -0.461 e. The average molecular weight is 273 g/mol. The van der Waals surface area contributed by atoms with Crippen LogP contribution in [0.4, 0.5) is 4.39 Å². The molecule has 0 atom stereocenters. The van der Waals surface area contributed by atoms with Crippen molar-refractivity contribution in [3.05, 3.63) is 40.1 Å². The van der Waals surface area contributed by atoms with Gasteiger partial charge < -0.3 is 4.74 Å². The van der Waals surface area contributed by atoms with Crippen LogP contribution in [0.5, 0.6) is 0 Å². The van der Waals surface area contributed by atoms with E-state index in [1.54, 1.807) is 31.2 Å². The highest BCUT2D eigenvalue weighted by molar-refractivity contribution is 9.10. The van der Waals surface area contributed by atoms with Gasteiger partial charge in [-0.3, -0.25) is 0 Å². The van der Waals surface area contributed by atoms with Crippen molar-refractivity contribution >= 4 is 28.0 Å². The van der Waals surface area contributed by atoms with Gasteiger partial charge in [0, 0.05) is 4.47 Å². The lowest BCUT2D eigenvalue weighted by atomic mass is 10.2. The summed E-state index contributed by atoms with van der Waals surface area (Å²) in [5.74, 6) is -1.82. The van der Waals surface area contributed by atoms with Crippen molar-refractivity contribution in [1.29, 1.82) is 0 Å². The maximum absolute atomic E-state index is 13.1. The molecule has 80 valence electrons. The number of carbonyl (C=O) groups is 1. The lowest BCUT2D eigenvalue weighted by Crippen LogP contribution is -2.03. The van der Waals surface area contributed by atoms with Crippen LogP contribution in [0.25, 0.3) is 6.08 Å². The van der Waals surface area contributed by atoms with Gasteiger partial charge in [-0.25, -0.2) is 4.79 Å². The molecule has 0 radical (unpaired) electrons. The van der Waals surface area contributed by atoms with Crippen LogP contribution in [0.3, 0.4) is 0 Å². The van der Waals surface area contributed by atoms with Gasteiger partial charge in [-0.05, 0) is 30.7 Å². The molecule has 0 spiro atoms. The van der Waals surface area contributed by atoms with Gasteiger partial charge in [0.2, 0.25) is 5.83 Å². The first-order chi connectivity index (χ1) is 7.13. The van der Waals surface area contributed by atoms with Crippen molar-refractivity contribution < 1.29 is 13.9 Å². The lowest BCUT2D eigenvalue weighted by Gasteiger charge is -1.98. The quantitative estimate of drug-likeness (QED) is 0.623. The second-order valence-corrected chi connectivity index (χ2v) is 3.68. The fourth-order valence-electron chi connectivity index (χ4n) is 0.964. The molecule has 0 heterocycles. The zero-order valence-corrected chi connectivity index (χ0v) is 9.75. The van der Waals surface area contributed by atoms with Crippen LogP contribution >= 0.6 is 15.9 Å². The molecule has 1 aromatic rings. The molecule has 0 bridgehead atoms. The zero-order valence-electron chi connectivity index (χ0n) is 8.17. The molecule has 0 amide bonds. The number of benzene rings is 1. The highest BCUT2D eigenvalue weighted by atomic mass is 79.9. The summed E-state index contributed by atoms with van der Waals surface area (Å²) in [5.41, 5.74) is 0.615. The van der Waals surface area contributed by atoms with E-state index in [4.69, 9.17) is 0 Å². The van der Waals surface area contributed by atoms with E-state index in [2.05, 4.69) is 20.7 Å². The molecule has 4 heteroatoms. The molecule has 0 unspecified atom stereocenters. The Hall–Kier alpha value is -1.16. The number of esters is 1. The summed E-state index contributed by atoms with van der Waals surface area (Å²) in [7, 11) is 0. The van der Waals surface area contributed by atoms with Gasteiger partial charge in [0.15, 0.2) is 0 Å². The van der Waals surface area contributed by atoms with Gasteiger partial charge in [0.1, 0.15) is 0 Å². The fourth-order valence-corrected chi connectivity index (χ4v) is 1.23. The largest absolute Gasteiger partial charge is 0.461 e. The minimum absolute atomic E-state index is 0.167. The van der Waals surface area contributed by atoms with Crippen LogP contribution in [0.15, 0.2) is 34.6 Å². The van der Waals surface area contributed by atoms with E-state index in [0.717, 1.165) is 10.5 Å². The van der Waals surface area contributed by atoms with Crippen molar-refractivity contribution in [3.63, 3.8) is 0 Å². The predicted molar refractivity (Wildman–Crippen MR) is 59.9 cm³/mol. The maximum Gasteiger partial charge on any atom is 0.367 e. The van der Waals surface area contributed by atoms with Crippen LogP contribution < -0.4 is 0 Å². The van der Waals surface area contributed by atoms with Crippen molar-refractivity contribution in [1.82, 2.24) is 0 Å². The van der Waals surface area contributed by atoms with Gasteiger partial charge in [0.05, 0.1) is 6.61 Å². The predicted octanol–water partition coefficient (Wildman–Crippen LogP) is 3.32. The van der Waals surface area contributed by atoms with E-state index in [-0.39, 0.29) is 6.61 Å². The Kier molecular flexibility index (Phi) is 4.49. The molecule has 0 saturated carbocycles. The van der Waals surface area contributed by atoms with Crippen LogP contribution in [0, 0.1) is 0 Å². The first kappa shape index (κ1) is 11.9. The summed E-state index contributed by atoms with van der Waals surface area (Å²) < 4.78 is 18.6. The van der Waals surface area contributed by atoms with E-state index >= 15 is 0 Å². The molecule has 1 rings (SSSR count). The third-order valence-corrected chi connectivity index (χ3v) is 2.16. The maximum atomic E-state index is 13.1. The monoisotopic (exact) mass is 272 g/mol. The van der Waals surface area contributed by atoms with Crippen LogP contribution in [-0.2, 0) is 9.53 Å². The summed E-state index contributed by atoms with van der Waals surface area (Å²) in [4.78, 5) is 10.9. The Morgan fingerprint density at radius 2 is 2.07 bits per heavy atom. The first-order valence-electron chi connectivity index (χ1n) is 4.43. The zero-order chi connectivity index (χ0) is 11.3. The SMILES string of the molecule is CCOC(=O)/C(F)=C\c1ccc(Br)cc1. The highest BCUT2D eigenvalue weighted by Crippen LogP contribution is 2.14. The molecule has 0 fully saturated rings. The Balaban J connectivity index is 2.78. The molecule has 15 heavy (non-hydrogen) atoms. The first-order valence-corrected chi connectivity index (χ1v) is 5.22. The number of rotatable bonds is 3. The van der Waals surface area contributed by atoms with E-state index < -0.39 is 11.8 Å². The molecular weight excluding hydrogens is 263 g/mol. The van der Waals surface area contributed by atoms with Crippen LogP contribution in [-0.4, -0.2) is 12.6 Å². The summed E-state index contributed by atoms with van der Waals surface area (Å²) in [6, 6.07) is 6.93. The van der Waals surface area contributed by atoms with Crippen molar-refractivity contribution in [2.45, 2.75) is 6.92 Å². The Morgan fingerprint density at radius 1 is 1.47 bits per heavy atom. The summed E-state index contributed by atoms with van der Waals surface area (Å²) >= 11 is 3.26. The summed E-state index contributed by atoms with van der Waals surface area (Å²) in [6.45, 7) is 1.80. The summed E-state index contributed by atoms with van der Waals surface area (Å²) in [6.07, 6.45) is 1.14. The summed E-state index contributed by atoms with van der Waals surface area (Å²) in [5, 5.41) is 0. The van der Waals surface area contributed by atoms with Gasteiger partial charge in [-0.15, -0.1) is 0 Å². The van der Waals surface area contributed by atoms with Gasteiger partial charge in [-0.2, -0.15) is 4.39 Å². The van der Waals surface area contributed by atoms with E-state index in [9.17, 15) is 9.18 Å². The molecule has 1 aromatic carbocycles. The third-order valence-electron chi connectivity index (χ3n) is 1.63. The van der Waals surface area contributed by atoms with Crippen molar-refractivity contribution in [3.8, 4) is 0 Å². The number of halogens is 2. The van der Waals surface area contributed by atoms with Gasteiger partial charge in [0.25, 0.3) is 0 Å². The Labute approximate surface area is 95.9 Å². The Morgan fingerprint density at radius 3 is 2.60 bits per heavy atom. The number of hydrogen-bond donors (Lipinski definition) is 0. The van der Waals surface area contributed by atoms with E-state index in [0.29, 0.717) is 5.56 Å². The second kappa shape index (κ2) is 5.66. The lowest BCUT2D eigenvalue weighted by molar-refractivity contribution is -0.140. The van der Waals surface area contributed by atoms with Crippen LogP contribution in [0.2, 0.25) is 0 Å². The number of ether oxygens (including phenoxy) is 1. The molecule has 0 aliphatic rings. The molecule has 0 aliphatic carbocycles. The molecule has 0 N–H and O–H groups in total. The normalized spacial score (nSPS) is 11.3. The fraction of sp³-hybridized carbons (Fsp3) is 0.182. The number of hydrogen-bond acceptors (Lipinski definition) is 2. The molecule has 0 aromatic heterocycles. The Bertz CT molecular complexity index is 371. The standard InChI is InChI=1S/C11H10BrFO2/c1-2-15-11(14)10(13)7-8-3-5-9(12)6-4-8/h3-7H,2H2,1H3/b10-7+. The number of carbonyl (C=O) groups excluding carboxylic acids is 1. The van der Waals surface area contributed by atoms with Gasteiger partial charge in [-0.1, -0.05) is 28.1 Å². The molecular formula is C11H10BrFO2. The van der Waals surface area contributed by atoms with Gasteiger partial charge >= 0.3 is 5.97 Å². The molecule has 2 nitrogen and oxygen atoms in total. The van der Waals surface area contributed by atoms with E-state index in [1.807, 2.05) is 0 Å². The second-order valence-electron chi connectivity index (χ2n) is 2.76. The third kappa shape index (κ3) is 3.83. The topological polar surface area (TPSA) is 26.3 Å². The highest BCUT2D eigenvalue weighted by Gasteiger charge is 2.08. The smallest absolute Gasteiger partial charge is 0.367 e. The molecule has 0 saturated heterocycles. The average Bonchev–Trinajstić information content (AvgIpc) is 2.22. The van der Waals surface area contributed by atoms with Crippen molar-refractivity contribution in [2.75, 3.05) is 6.61 Å². The van der Waals surface area contributed by atoms with Crippen LogP contribution in [0.1, 0.15) is 12.5 Å². The minimum atomic E-state index is -0.930.